The van der Waals surface area contributed by atoms with E-state index in [0.717, 1.165) is 25.7 Å². The maximum Gasteiger partial charge on any atom is 0.217 e. The molecule has 1 rings (SSSR count). The smallest absolute Gasteiger partial charge is 0.217 e. The predicted molar refractivity (Wildman–Crippen MR) is 246 cm³/mol. The highest BCUT2D eigenvalue weighted by Gasteiger charge is 2.01. The molecule has 0 aliphatic heterocycles. The lowest BCUT2D eigenvalue weighted by molar-refractivity contribution is -0.119. The van der Waals surface area contributed by atoms with E-state index < -0.39 is 0 Å². The molecule has 0 aromatic heterocycles. The zero-order valence-corrected chi connectivity index (χ0v) is 37.4. The average Bonchev–Trinajstić information content (AvgIpc) is 3.18. The highest BCUT2D eigenvalue weighted by atomic mass is 16.1. The molecule has 0 spiro atoms. The summed E-state index contributed by atoms with van der Waals surface area (Å²) in [5.41, 5.74) is 13.5. The van der Waals surface area contributed by atoms with Gasteiger partial charge in [-0.15, -0.1) is 0 Å². The van der Waals surface area contributed by atoms with Gasteiger partial charge in [0.15, 0.2) is 0 Å². The number of amides is 2. The summed E-state index contributed by atoms with van der Waals surface area (Å²) in [6, 6.07) is 9.51. The fraction of sp³-hybridized carbons (Fsp3) is 0.846. The van der Waals surface area contributed by atoms with Gasteiger partial charge in [-0.1, -0.05) is 255 Å². The van der Waals surface area contributed by atoms with Crippen molar-refractivity contribution in [2.45, 2.75) is 283 Å². The highest BCUT2D eigenvalue weighted by molar-refractivity contribution is 5.73. The maximum absolute atomic E-state index is 10.8. The lowest BCUT2D eigenvalue weighted by Crippen LogP contribution is -2.09. The number of nitrogens with two attached hydrogens (primary N) is 2. The molecule has 0 saturated carbocycles. The average molecular weight is 781 g/mol. The zero-order chi connectivity index (χ0) is 40.3. The predicted octanol–water partition coefficient (Wildman–Crippen LogP) is 16.1. The van der Waals surface area contributed by atoms with Crippen LogP contribution in [0, 0.1) is 0 Å². The minimum Gasteiger partial charge on any atom is -0.370 e. The molecule has 4 heteroatoms. The van der Waals surface area contributed by atoms with Crippen molar-refractivity contribution in [2.24, 2.45) is 11.5 Å². The lowest BCUT2D eigenvalue weighted by atomic mass is 9.99. The molecule has 326 valence electrons. The normalized spacial score (nSPS) is 11.4. The van der Waals surface area contributed by atoms with E-state index in [1.807, 2.05) is 0 Å². The van der Waals surface area contributed by atoms with Gasteiger partial charge in [-0.3, -0.25) is 9.59 Å². The van der Waals surface area contributed by atoms with Gasteiger partial charge >= 0.3 is 0 Å². The summed E-state index contributed by atoms with van der Waals surface area (Å²) < 4.78 is 0. The Hall–Kier alpha value is -1.84. The number of aryl methyl sites for hydroxylation is 2. The largest absolute Gasteiger partial charge is 0.370 e. The first-order chi connectivity index (χ1) is 27.6. The van der Waals surface area contributed by atoms with Crippen molar-refractivity contribution in [3.63, 3.8) is 0 Å². The van der Waals surface area contributed by atoms with Crippen LogP contribution in [0.4, 0.5) is 0 Å². The van der Waals surface area contributed by atoms with E-state index >= 15 is 0 Å². The molecule has 0 unspecified atom stereocenters. The Bertz CT molecular complexity index is 904. The van der Waals surface area contributed by atoms with Crippen LogP contribution in [0.15, 0.2) is 24.3 Å². The molecule has 0 saturated heterocycles. The van der Waals surface area contributed by atoms with E-state index in [9.17, 15) is 9.59 Å². The van der Waals surface area contributed by atoms with Gasteiger partial charge in [0, 0.05) is 12.8 Å². The number of hydrogen-bond acceptors (Lipinski definition) is 2. The molecule has 0 radical (unpaired) electrons. The second kappa shape index (κ2) is 42.8. The second-order valence-corrected chi connectivity index (χ2v) is 17.9. The van der Waals surface area contributed by atoms with Crippen molar-refractivity contribution in [3.8, 4) is 0 Å². The van der Waals surface area contributed by atoms with Gasteiger partial charge in [-0.2, -0.15) is 0 Å². The summed E-state index contributed by atoms with van der Waals surface area (Å²) in [6.07, 6.45) is 58.5. The summed E-state index contributed by atoms with van der Waals surface area (Å²) in [6.45, 7) is 0. The van der Waals surface area contributed by atoms with E-state index in [1.54, 1.807) is 11.1 Å². The second-order valence-electron chi connectivity index (χ2n) is 17.9. The van der Waals surface area contributed by atoms with Crippen molar-refractivity contribution in [1.82, 2.24) is 0 Å². The Kier molecular flexibility index (Phi) is 39.8. The Morgan fingerprint density at radius 3 is 0.661 bits per heavy atom. The van der Waals surface area contributed by atoms with Crippen LogP contribution >= 0.6 is 0 Å². The fourth-order valence-corrected chi connectivity index (χ4v) is 8.56. The quantitative estimate of drug-likeness (QED) is 0.0646. The molecule has 0 aliphatic rings. The summed E-state index contributed by atoms with van der Waals surface area (Å²) in [5, 5.41) is 0. The summed E-state index contributed by atoms with van der Waals surface area (Å²) in [7, 11) is 0. The number of carbonyl (C=O) groups is 2. The molecular weight excluding hydrogens is 685 g/mol. The molecule has 4 nitrogen and oxygen atoms in total. The molecule has 2 amide bonds. The molecule has 0 fully saturated rings. The van der Waals surface area contributed by atoms with Gasteiger partial charge in [0.1, 0.15) is 0 Å². The van der Waals surface area contributed by atoms with Crippen LogP contribution in [-0.4, -0.2) is 11.8 Å². The molecule has 0 bridgehead atoms. The van der Waals surface area contributed by atoms with E-state index in [0.29, 0.717) is 12.8 Å². The summed E-state index contributed by atoms with van der Waals surface area (Å²) >= 11 is 0. The maximum atomic E-state index is 10.8. The van der Waals surface area contributed by atoms with Gasteiger partial charge in [0.05, 0.1) is 0 Å². The molecule has 1 aromatic carbocycles. The monoisotopic (exact) mass is 781 g/mol. The molecule has 4 N–H and O–H groups in total. The van der Waals surface area contributed by atoms with E-state index in [4.69, 9.17) is 11.5 Å². The first-order valence-corrected chi connectivity index (χ1v) is 25.2. The van der Waals surface area contributed by atoms with Gasteiger partial charge in [-0.05, 0) is 49.7 Å². The van der Waals surface area contributed by atoms with E-state index in [2.05, 4.69) is 24.3 Å². The minimum absolute atomic E-state index is 0.152. The number of primary amides is 2. The van der Waals surface area contributed by atoms with Crippen LogP contribution in [0.25, 0.3) is 0 Å². The van der Waals surface area contributed by atoms with Crippen molar-refractivity contribution >= 4 is 11.8 Å². The number of unbranched alkanes of at least 4 members (excludes halogenated alkanes) is 38. The van der Waals surface area contributed by atoms with Gasteiger partial charge in [0.2, 0.25) is 11.8 Å². The van der Waals surface area contributed by atoms with Gasteiger partial charge < -0.3 is 11.5 Å². The van der Waals surface area contributed by atoms with Crippen LogP contribution in [-0.2, 0) is 22.4 Å². The standard InChI is InChI=1S/C52H96N2O2/c53-51(55)46-39-35-31-27-23-19-15-11-7-3-1-5-9-13-17-21-25-29-33-37-42-49-44-41-45-50(48-49)43-38-34-30-26-22-18-14-10-6-2-4-8-12-16-20-24-28-32-36-40-47-52(54)56/h41,44-45,48H,1-40,42-43,46-47H2,(H2,53,55)(H2,54,56). The molecular formula is C52H96N2O2. The number of benzene rings is 1. The molecule has 1 aromatic rings. The van der Waals surface area contributed by atoms with E-state index in [-0.39, 0.29) is 11.8 Å². The zero-order valence-electron chi connectivity index (χ0n) is 37.4. The van der Waals surface area contributed by atoms with Crippen LogP contribution in [0.5, 0.6) is 0 Å². The third-order valence-corrected chi connectivity index (χ3v) is 12.3. The van der Waals surface area contributed by atoms with Crippen LogP contribution in [0.3, 0.4) is 0 Å². The number of rotatable bonds is 46. The van der Waals surface area contributed by atoms with Crippen LogP contribution < -0.4 is 11.5 Å². The first kappa shape index (κ1) is 52.2. The Balaban J connectivity index is 1.78. The minimum atomic E-state index is -0.152. The van der Waals surface area contributed by atoms with Gasteiger partial charge in [-0.25, -0.2) is 0 Å². The Labute approximate surface area is 349 Å². The lowest BCUT2D eigenvalue weighted by Gasteiger charge is -2.07. The third-order valence-electron chi connectivity index (χ3n) is 12.3. The fourth-order valence-electron chi connectivity index (χ4n) is 8.56. The van der Waals surface area contributed by atoms with E-state index in [1.165, 1.54) is 244 Å². The van der Waals surface area contributed by atoms with Crippen molar-refractivity contribution in [1.29, 1.82) is 0 Å². The Morgan fingerprint density at radius 1 is 0.286 bits per heavy atom. The van der Waals surface area contributed by atoms with Gasteiger partial charge in [0.25, 0.3) is 0 Å². The molecule has 0 atom stereocenters. The topological polar surface area (TPSA) is 86.2 Å². The highest BCUT2D eigenvalue weighted by Crippen LogP contribution is 2.19. The van der Waals surface area contributed by atoms with Crippen LogP contribution in [0.2, 0.25) is 0 Å². The molecule has 0 aliphatic carbocycles. The third kappa shape index (κ3) is 40.4. The first-order valence-electron chi connectivity index (χ1n) is 25.2. The molecule has 0 heterocycles. The summed E-state index contributed by atoms with van der Waals surface area (Å²) in [4.78, 5) is 21.5. The van der Waals surface area contributed by atoms with Crippen molar-refractivity contribution in [2.75, 3.05) is 0 Å². The van der Waals surface area contributed by atoms with Crippen molar-refractivity contribution < 1.29 is 9.59 Å². The number of carbonyl (C=O) groups excluding carboxylic acids is 2. The van der Waals surface area contributed by atoms with Crippen molar-refractivity contribution in [3.05, 3.63) is 35.4 Å². The molecule has 56 heavy (non-hydrogen) atoms. The number of hydrogen-bond donors (Lipinski definition) is 2. The van der Waals surface area contributed by atoms with Crippen LogP contribution in [0.1, 0.15) is 281 Å². The SMILES string of the molecule is NC(=O)CCCCCCCCCCCCCCCCCCCCCCc1cccc(CCCCCCCCCCCCCCCCCCCCCCC(N)=O)c1. The Morgan fingerprint density at radius 2 is 0.464 bits per heavy atom. The summed E-state index contributed by atoms with van der Waals surface area (Å²) in [5.74, 6) is -0.304.